The van der Waals surface area contributed by atoms with Gasteiger partial charge in [-0.15, -0.1) is 0 Å². The predicted molar refractivity (Wildman–Crippen MR) is 69.1 cm³/mol. The van der Waals surface area contributed by atoms with Crippen molar-refractivity contribution in [3.05, 3.63) is 6.33 Å². The molecule has 0 aromatic heterocycles. The number of fused-ring (bicyclic) bond motifs is 1. The molecule has 96 valence electrons. The molecule has 7 nitrogen and oxygen atoms in total. The van der Waals surface area contributed by atoms with E-state index in [0.29, 0.717) is 35.4 Å². The fourth-order valence-electron chi connectivity index (χ4n) is 2.38. The minimum Gasteiger partial charge on any atom is -0.383 e. The summed E-state index contributed by atoms with van der Waals surface area (Å²) in [5, 5.41) is 3.35. The van der Waals surface area contributed by atoms with E-state index in [1.807, 2.05) is 0 Å². The van der Waals surface area contributed by atoms with E-state index in [-0.39, 0.29) is 0 Å². The highest BCUT2D eigenvalue weighted by Gasteiger charge is 2.20. The van der Waals surface area contributed by atoms with Gasteiger partial charge in [-0.3, -0.25) is 0 Å². The Bertz CT molecular complexity index is 500. The van der Waals surface area contributed by atoms with Gasteiger partial charge in [-0.25, -0.2) is 9.97 Å². The molecule has 0 atom stereocenters. The number of nitrogens with two attached hydrogens (primary N) is 2. The quantitative estimate of drug-likeness (QED) is 0.616. The summed E-state index contributed by atoms with van der Waals surface area (Å²) >= 11 is 0. The average Bonchev–Trinajstić information content (AvgIpc) is 2.81. The van der Waals surface area contributed by atoms with Crippen molar-refractivity contribution >= 4 is 11.8 Å². The molecule has 2 aliphatic heterocycles. The number of H-pyrrole nitrogens is 1. The van der Waals surface area contributed by atoms with Crippen molar-refractivity contribution in [1.82, 2.24) is 19.9 Å². The molecule has 0 amide bonds. The van der Waals surface area contributed by atoms with Crippen molar-refractivity contribution in [1.29, 1.82) is 0 Å². The fourth-order valence-corrected chi connectivity index (χ4v) is 2.38. The smallest absolute Gasteiger partial charge is 0.204 e. The highest BCUT2D eigenvalue weighted by Crippen LogP contribution is 2.24. The Morgan fingerprint density at radius 1 is 1.22 bits per heavy atom. The Morgan fingerprint density at radius 3 is 2.78 bits per heavy atom. The van der Waals surface area contributed by atoms with Crippen LogP contribution in [0.3, 0.4) is 0 Å². The van der Waals surface area contributed by atoms with Crippen molar-refractivity contribution in [2.75, 3.05) is 11.1 Å². The molecule has 3 aliphatic rings. The van der Waals surface area contributed by atoms with Gasteiger partial charge >= 0.3 is 0 Å². The second-order valence-electron chi connectivity index (χ2n) is 4.80. The van der Waals surface area contributed by atoms with Crippen LogP contribution in [-0.4, -0.2) is 32.0 Å². The summed E-state index contributed by atoms with van der Waals surface area (Å²) in [6.07, 6.45) is 5.67. The van der Waals surface area contributed by atoms with Crippen LogP contribution in [0.2, 0.25) is 0 Å². The Morgan fingerprint density at radius 2 is 2.00 bits per heavy atom. The summed E-state index contributed by atoms with van der Waals surface area (Å²) in [6.45, 7) is 0. The van der Waals surface area contributed by atoms with Gasteiger partial charge in [-0.2, -0.15) is 4.98 Å². The lowest BCUT2D eigenvalue weighted by Gasteiger charge is -2.27. The minimum absolute atomic E-state index is 0.341. The second kappa shape index (κ2) is 4.41. The monoisotopic (exact) mass is 247 g/mol. The summed E-state index contributed by atoms with van der Waals surface area (Å²) < 4.78 is 0. The molecule has 0 aromatic rings. The van der Waals surface area contributed by atoms with Gasteiger partial charge in [0.1, 0.15) is 17.8 Å². The van der Waals surface area contributed by atoms with Crippen LogP contribution in [0.15, 0.2) is 6.33 Å². The number of nitrogen functional groups attached to an aromatic ring is 1. The lowest BCUT2D eigenvalue weighted by Crippen LogP contribution is -2.33. The van der Waals surface area contributed by atoms with E-state index >= 15 is 0 Å². The minimum atomic E-state index is 0.341. The number of anilines is 2. The molecule has 0 unspecified atom stereocenters. The first kappa shape index (κ1) is 11.2. The van der Waals surface area contributed by atoms with Crippen molar-refractivity contribution in [2.24, 2.45) is 5.73 Å². The van der Waals surface area contributed by atoms with Gasteiger partial charge in [0, 0.05) is 12.1 Å². The van der Waals surface area contributed by atoms with Crippen LogP contribution in [0.4, 0.5) is 11.8 Å². The number of imidazole rings is 1. The van der Waals surface area contributed by atoms with Crippen LogP contribution in [0.1, 0.15) is 25.7 Å². The maximum Gasteiger partial charge on any atom is 0.204 e. The van der Waals surface area contributed by atoms with E-state index in [9.17, 15) is 0 Å². The Balaban J connectivity index is 1.77. The SMILES string of the molecule is Nc1[nH]c(NC2CCC(N)CC2)nc2ncnc1-2. The number of hydrogen-bond acceptors (Lipinski definition) is 6. The average molecular weight is 247 g/mol. The molecular formula is C11H17N7. The number of aromatic nitrogens is 4. The predicted octanol–water partition coefficient (Wildman–Crippen LogP) is 0.568. The van der Waals surface area contributed by atoms with Crippen molar-refractivity contribution in [3.63, 3.8) is 0 Å². The Hall–Kier alpha value is -1.89. The standard InChI is InChI=1S/C11H17N7/c12-6-1-3-7(4-2-6)16-11-17-9(13)8-10(18-11)15-5-14-8/h5-7H,1-4,12H2,(H4,13,14,15,16,17,18). The van der Waals surface area contributed by atoms with Crippen LogP contribution in [0.5, 0.6) is 0 Å². The molecule has 0 aromatic carbocycles. The largest absolute Gasteiger partial charge is 0.383 e. The number of rotatable bonds is 2. The highest BCUT2D eigenvalue weighted by atomic mass is 15.2. The first-order valence-electron chi connectivity index (χ1n) is 6.20. The summed E-state index contributed by atoms with van der Waals surface area (Å²) in [7, 11) is 0. The van der Waals surface area contributed by atoms with E-state index in [4.69, 9.17) is 11.5 Å². The number of hydrogen-bond donors (Lipinski definition) is 4. The molecule has 0 radical (unpaired) electrons. The van der Waals surface area contributed by atoms with Gasteiger partial charge in [-0.05, 0) is 25.7 Å². The zero-order chi connectivity index (χ0) is 12.5. The van der Waals surface area contributed by atoms with E-state index in [2.05, 4.69) is 25.3 Å². The van der Waals surface area contributed by atoms with Crippen molar-refractivity contribution in [2.45, 2.75) is 37.8 Å². The van der Waals surface area contributed by atoms with Crippen LogP contribution < -0.4 is 16.8 Å². The molecule has 0 spiro atoms. The summed E-state index contributed by atoms with van der Waals surface area (Å²) in [5.74, 6) is 1.72. The topological polar surface area (TPSA) is 119 Å². The molecular weight excluding hydrogens is 230 g/mol. The maximum atomic E-state index is 5.89. The zero-order valence-corrected chi connectivity index (χ0v) is 10.1. The molecule has 1 fully saturated rings. The van der Waals surface area contributed by atoms with Crippen LogP contribution in [-0.2, 0) is 0 Å². The lowest BCUT2D eigenvalue weighted by molar-refractivity contribution is 0.410. The number of nitrogens with zero attached hydrogens (tertiary/aromatic N) is 3. The number of nitrogens with one attached hydrogen (secondary N) is 2. The molecule has 6 N–H and O–H groups in total. The van der Waals surface area contributed by atoms with Crippen molar-refractivity contribution < 1.29 is 0 Å². The molecule has 1 aliphatic carbocycles. The molecule has 0 bridgehead atoms. The third kappa shape index (κ3) is 2.08. The summed E-state index contributed by atoms with van der Waals surface area (Å²) in [5.41, 5.74) is 12.4. The summed E-state index contributed by atoms with van der Waals surface area (Å²) in [6, 6.07) is 0.738. The van der Waals surface area contributed by atoms with E-state index in [1.54, 1.807) is 0 Å². The lowest BCUT2D eigenvalue weighted by atomic mass is 9.92. The van der Waals surface area contributed by atoms with Crippen LogP contribution in [0, 0.1) is 0 Å². The van der Waals surface area contributed by atoms with Gasteiger partial charge in [-0.1, -0.05) is 0 Å². The molecule has 0 saturated heterocycles. The molecule has 18 heavy (non-hydrogen) atoms. The first-order chi connectivity index (χ1) is 8.72. The Labute approximate surface area is 105 Å². The van der Waals surface area contributed by atoms with Crippen LogP contribution in [0.25, 0.3) is 11.5 Å². The fraction of sp³-hybridized carbons (Fsp3) is 0.545. The van der Waals surface area contributed by atoms with E-state index < -0.39 is 0 Å². The normalized spacial score (nSPS) is 24.3. The number of aromatic amines is 1. The summed E-state index contributed by atoms with van der Waals surface area (Å²) in [4.78, 5) is 15.5. The van der Waals surface area contributed by atoms with E-state index in [0.717, 1.165) is 25.7 Å². The van der Waals surface area contributed by atoms with Gasteiger partial charge in [0.05, 0.1) is 0 Å². The molecule has 2 heterocycles. The van der Waals surface area contributed by atoms with E-state index in [1.165, 1.54) is 6.33 Å². The maximum absolute atomic E-state index is 5.89. The third-order valence-electron chi connectivity index (χ3n) is 3.42. The molecule has 1 saturated carbocycles. The second-order valence-corrected chi connectivity index (χ2v) is 4.80. The van der Waals surface area contributed by atoms with Gasteiger partial charge in [0.25, 0.3) is 0 Å². The molecule has 3 rings (SSSR count). The van der Waals surface area contributed by atoms with Crippen molar-refractivity contribution in [3.8, 4) is 11.5 Å². The zero-order valence-electron chi connectivity index (χ0n) is 10.1. The van der Waals surface area contributed by atoms with Gasteiger partial charge in [0.15, 0.2) is 5.82 Å². The highest BCUT2D eigenvalue weighted by molar-refractivity contribution is 5.66. The van der Waals surface area contributed by atoms with Crippen LogP contribution >= 0.6 is 0 Å². The Kier molecular flexibility index (Phi) is 2.75. The third-order valence-corrected chi connectivity index (χ3v) is 3.42. The first-order valence-corrected chi connectivity index (χ1v) is 6.20. The van der Waals surface area contributed by atoms with Gasteiger partial charge < -0.3 is 21.8 Å². The van der Waals surface area contributed by atoms with Gasteiger partial charge in [0.2, 0.25) is 5.95 Å². The molecule has 7 heteroatoms.